The number of anilines is 1. The molecular weight excluding hydrogens is 214 g/mol. The van der Waals surface area contributed by atoms with E-state index < -0.39 is 0 Å². The summed E-state index contributed by atoms with van der Waals surface area (Å²) in [5.74, 6) is 2.16. The van der Waals surface area contributed by atoms with Gasteiger partial charge in [0, 0.05) is 24.3 Å². The highest BCUT2D eigenvalue weighted by atomic mass is 16.3. The van der Waals surface area contributed by atoms with E-state index in [0.717, 1.165) is 23.8 Å². The summed E-state index contributed by atoms with van der Waals surface area (Å²) in [5.41, 5.74) is 0.796. The van der Waals surface area contributed by atoms with Gasteiger partial charge in [0.1, 0.15) is 11.6 Å². The van der Waals surface area contributed by atoms with Gasteiger partial charge in [0.2, 0.25) is 0 Å². The Bertz CT molecular complexity index is 364. The fraction of sp³-hybridized carbons (Fsp3) is 0.692. The molecule has 4 nitrogen and oxygen atoms in total. The van der Waals surface area contributed by atoms with Crippen molar-refractivity contribution >= 4 is 5.82 Å². The molecule has 1 heterocycles. The maximum absolute atomic E-state index is 9.37. The second kappa shape index (κ2) is 5.96. The summed E-state index contributed by atoms with van der Waals surface area (Å²) >= 11 is 0. The van der Waals surface area contributed by atoms with Crippen LogP contribution in [0.5, 0.6) is 0 Å². The first kappa shape index (κ1) is 13.9. The summed E-state index contributed by atoms with van der Waals surface area (Å²) in [6.45, 7) is 11.4. The smallest absolute Gasteiger partial charge is 0.138 e. The first-order valence-corrected chi connectivity index (χ1v) is 6.15. The third-order valence-corrected chi connectivity index (χ3v) is 2.59. The molecule has 0 atom stereocenters. The zero-order valence-electron chi connectivity index (χ0n) is 11.4. The Morgan fingerprint density at radius 3 is 2.41 bits per heavy atom. The lowest BCUT2D eigenvalue weighted by molar-refractivity contribution is 0.280. The van der Waals surface area contributed by atoms with Crippen molar-refractivity contribution in [2.45, 2.75) is 47.3 Å². The average Bonchev–Trinajstić information content (AvgIpc) is 2.25. The highest BCUT2D eigenvalue weighted by molar-refractivity contribution is 5.46. The van der Waals surface area contributed by atoms with Crippen LogP contribution < -0.4 is 4.90 Å². The van der Waals surface area contributed by atoms with E-state index in [4.69, 9.17) is 0 Å². The summed E-state index contributed by atoms with van der Waals surface area (Å²) < 4.78 is 0. The molecule has 0 amide bonds. The molecule has 96 valence electrons. The summed E-state index contributed by atoms with van der Waals surface area (Å²) in [4.78, 5) is 10.8. The molecule has 0 aliphatic heterocycles. The van der Waals surface area contributed by atoms with Crippen LogP contribution in [0.2, 0.25) is 0 Å². The molecule has 0 fully saturated rings. The van der Waals surface area contributed by atoms with Gasteiger partial charge in [-0.1, -0.05) is 13.8 Å². The summed E-state index contributed by atoms with van der Waals surface area (Å²) in [6.07, 6.45) is 1.72. The van der Waals surface area contributed by atoms with Crippen molar-refractivity contribution in [3.63, 3.8) is 0 Å². The van der Waals surface area contributed by atoms with E-state index in [1.165, 1.54) is 0 Å². The average molecular weight is 237 g/mol. The number of hydrogen-bond donors (Lipinski definition) is 1. The molecule has 0 unspecified atom stereocenters. The molecule has 0 bridgehead atoms. The number of hydrogen-bond acceptors (Lipinski definition) is 4. The molecule has 0 spiro atoms. The molecule has 1 N–H and O–H groups in total. The highest BCUT2D eigenvalue weighted by Crippen LogP contribution is 2.21. The summed E-state index contributed by atoms with van der Waals surface area (Å²) in [6, 6.07) is 0.358. The van der Waals surface area contributed by atoms with Crippen molar-refractivity contribution in [1.29, 1.82) is 0 Å². The second-order valence-corrected chi connectivity index (χ2v) is 5.06. The monoisotopic (exact) mass is 237 g/mol. The van der Waals surface area contributed by atoms with Crippen LogP contribution in [-0.4, -0.2) is 27.7 Å². The van der Waals surface area contributed by atoms with Gasteiger partial charge in [-0.15, -0.1) is 0 Å². The fourth-order valence-corrected chi connectivity index (χ4v) is 1.78. The number of aliphatic hydroxyl groups is 1. The van der Waals surface area contributed by atoms with Crippen LogP contribution in [0, 0.1) is 12.8 Å². The Kier molecular flexibility index (Phi) is 4.87. The lowest BCUT2D eigenvalue weighted by Gasteiger charge is -2.31. The van der Waals surface area contributed by atoms with E-state index in [2.05, 4.69) is 42.6 Å². The molecule has 0 saturated carbocycles. The molecule has 0 aliphatic rings. The molecule has 4 heteroatoms. The predicted molar refractivity (Wildman–Crippen MR) is 70.0 cm³/mol. The number of aliphatic hydroxyl groups excluding tert-OH is 1. The van der Waals surface area contributed by atoms with Gasteiger partial charge in [0.15, 0.2) is 0 Å². The maximum Gasteiger partial charge on any atom is 0.138 e. The minimum atomic E-state index is -0.0169. The molecule has 0 aliphatic carbocycles. The molecule has 0 saturated heterocycles. The summed E-state index contributed by atoms with van der Waals surface area (Å²) in [5, 5.41) is 9.37. The van der Waals surface area contributed by atoms with E-state index in [-0.39, 0.29) is 6.61 Å². The number of rotatable bonds is 5. The Morgan fingerprint density at radius 2 is 1.94 bits per heavy atom. The standard InChI is InChI=1S/C13H23N3O/c1-9(2)7-16(10(3)4)13-12(8-17)6-14-11(5)15-13/h6,9-10,17H,7-8H2,1-5H3. The third-order valence-electron chi connectivity index (χ3n) is 2.59. The minimum absolute atomic E-state index is 0.0169. The van der Waals surface area contributed by atoms with Crippen molar-refractivity contribution in [2.24, 2.45) is 5.92 Å². The van der Waals surface area contributed by atoms with E-state index in [9.17, 15) is 5.11 Å². The zero-order valence-corrected chi connectivity index (χ0v) is 11.4. The van der Waals surface area contributed by atoms with Crippen molar-refractivity contribution in [3.05, 3.63) is 17.6 Å². The van der Waals surface area contributed by atoms with E-state index in [1.54, 1.807) is 6.20 Å². The van der Waals surface area contributed by atoms with Gasteiger partial charge < -0.3 is 10.0 Å². The second-order valence-electron chi connectivity index (χ2n) is 5.06. The first-order valence-electron chi connectivity index (χ1n) is 6.15. The zero-order chi connectivity index (χ0) is 13.0. The van der Waals surface area contributed by atoms with E-state index in [1.807, 2.05) is 6.92 Å². The van der Waals surface area contributed by atoms with Crippen LogP contribution in [0.4, 0.5) is 5.82 Å². The first-order chi connectivity index (χ1) is 7.95. The van der Waals surface area contributed by atoms with Gasteiger partial charge in [0.05, 0.1) is 6.61 Å². The van der Waals surface area contributed by atoms with Crippen LogP contribution in [0.1, 0.15) is 39.1 Å². The van der Waals surface area contributed by atoms with Crippen LogP contribution in [0.25, 0.3) is 0 Å². The van der Waals surface area contributed by atoms with Crippen molar-refractivity contribution < 1.29 is 5.11 Å². The Hall–Kier alpha value is -1.16. The lowest BCUT2D eigenvalue weighted by Crippen LogP contribution is -2.35. The van der Waals surface area contributed by atoms with Crippen LogP contribution in [0.15, 0.2) is 6.20 Å². The molecule has 1 aromatic rings. The lowest BCUT2D eigenvalue weighted by atomic mass is 10.1. The highest BCUT2D eigenvalue weighted by Gasteiger charge is 2.17. The third kappa shape index (κ3) is 3.66. The molecule has 0 aromatic carbocycles. The van der Waals surface area contributed by atoms with Crippen molar-refractivity contribution in [2.75, 3.05) is 11.4 Å². The van der Waals surface area contributed by atoms with Crippen LogP contribution in [-0.2, 0) is 6.61 Å². The summed E-state index contributed by atoms with van der Waals surface area (Å²) in [7, 11) is 0. The van der Waals surface area contributed by atoms with Crippen molar-refractivity contribution in [1.82, 2.24) is 9.97 Å². The topological polar surface area (TPSA) is 49.3 Å². The van der Waals surface area contributed by atoms with E-state index in [0.29, 0.717) is 12.0 Å². The van der Waals surface area contributed by atoms with Gasteiger partial charge in [-0.05, 0) is 26.7 Å². The SMILES string of the molecule is Cc1ncc(CO)c(N(CC(C)C)C(C)C)n1. The van der Waals surface area contributed by atoms with Crippen LogP contribution in [0.3, 0.4) is 0 Å². The molecule has 1 aromatic heterocycles. The Morgan fingerprint density at radius 1 is 1.29 bits per heavy atom. The Labute approximate surface area is 104 Å². The predicted octanol–water partition coefficient (Wildman–Crippen LogP) is 2.15. The van der Waals surface area contributed by atoms with Gasteiger partial charge in [-0.25, -0.2) is 9.97 Å². The fourth-order valence-electron chi connectivity index (χ4n) is 1.78. The minimum Gasteiger partial charge on any atom is -0.391 e. The van der Waals surface area contributed by atoms with Gasteiger partial charge in [-0.2, -0.15) is 0 Å². The quantitative estimate of drug-likeness (QED) is 0.852. The number of nitrogens with zero attached hydrogens (tertiary/aromatic N) is 3. The molecule has 1 rings (SSSR count). The Balaban J connectivity index is 3.11. The largest absolute Gasteiger partial charge is 0.391 e. The molecular formula is C13H23N3O. The molecule has 17 heavy (non-hydrogen) atoms. The van der Waals surface area contributed by atoms with E-state index >= 15 is 0 Å². The van der Waals surface area contributed by atoms with Crippen molar-refractivity contribution in [3.8, 4) is 0 Å². The number of aromatic nitrogens is 2. The molecule has 0 radical (unpaired) electrons. The van der Waals surface area contributed by atoms with Gasteiger partial charge in [-0.3, -0.25) is 0 Å². The van der Waals surface area contributed by atoms with Gasteiger partial charge >= 0.3 is 0 Å². The van der Waals surface area contributed by atoms with Crippen LogP contribution >= 0.6 is 0 Å². The normalized spacial score (nSPS) is 11.3. The maximum atomic E-state index is 9.37. The number of aryl methyl sites for hydroxylation is 1. The van der Waals surface area contributed by atoms with Gasteiger partial charge in [0.25, 0.3) is 0 Å².